The predicted molar refractivity (Wildman–Crippen MR) is 41.3 cm³/mol. The second kappa shape index (κ2) is 2.79. The van der Waals surface area contributed by atoms with Crippen molar-refractivity contribution in [1.82, 2.24) is 25.0 Å². The zero-order valence-corrected chi connectivity index (χ0v) is 6.62. The highest BCUT2D eigenvalue weighted by atomic mass is 35.5. The molecule has 0 saturated carbocycles. The lowest BCUT2D eigenvalue weighted by atomic mass is 10.6. The quantitative estimate of drug-likeness (QED) is 0.568. The SMILES string of the molecule is Cl.Cn1nc2cncnc2n1. The average molecular weight is 172 g/mol. The number of nitrogens with zero attached hydrogens (tertiary/aromatic N) is 5. The third-order valence-electron chi connectivity index (χ3n) is 1.16. The molecule has 0 unspecified atom stereocenters. The van der Waals surface area contributed by atoms with Crippen LogP contribution in [-0.2, 0) is 7.05 Å². The molecule has 0 bridgehead atoms. The van der Waals surface area contributed by atoms with Crippen molar-refractivity contribution in [2.45, 2.75) is 0 Å². The summed E-state index contributed by atoms with van der Waals surface area (Å²) in [5.41, 5.74) is 1.36. The zero-order valence-electron chi connectivity index (χ0n) is 5.80. The lowest BCUT2D eigenvalue weighted by molar-refractivity contribution is 0.663. The molecule has 2 aromatic rings. The van der Waals surface area contributed by atoms with Gasteiger partial charge in [-0.15, -0.1) is 17.5 Å². The first-order valence-corrected chi connectivity index (χ1v) is 2.83. The number of aryl methyl sites for hydroxylation is 1. The van der Waals surface area contributed by atoms with E-state index in [-0.39, 0.29) is 12.4 Å². The van der Waals surface area contributed by atoms with Crippen molar-refractivity contribution < 1.29 is 0 Å². The Morgan fingerprint density at radius 1 is 1.36 bits per heavy atom. The van der Waals surface area contributed by atoms with Crippen molar-refractivity contribution in [1.29, 1.82) is 0 Å². The fourth-order valence-electron chi connectivity index (χ4n) is 0.779. The summed E-state index contributed by atoms with van der Waals surface area (Å²) in [5.74, 6) is 0. The van der Waals surface area contributed by atoms with Crippen LogP contribution >= 0.6 is 12.4 Å². The molecule has 0 saturated heterocycles. The van der Waals surface area contributed by atoms with E-state index in [4.69, 9.17) is 0 Å². The van der Waals surface area contributed by atoms with Crippen LogP contribution in [0.3, 0.4) is 0 Å². The van der Waals surface area contributed by atoms with Gasteiger partial charge in [0.15, 0.2) is 0 Å². The van der Waals surface area contributed by atoms with E-state index >= 15 is 0 Å². The Bertz CT molecular complexity index is 323. The van der Waals surface area contributed by atoms with Gasteiger partial charge in [-0.3, -0.25) is 0 Å². The van der Waals surface area contributed by atoms with E-state index < -0.39 is 0 Å². The maximum atomic E-state index is 3.99. The van der Waals surface area contributed by atoms with Crippen LogP contribution in [0.5, 0.6) is 0 Å². The fourth-order valence-corrected chi connectivity index (χ4v) is 0.779. The second-order valence-electron chi connectivity index (χ2n) is 1.92. The number of hydrogen-bond acceptors (Lipinski definition) is 4. The minimum absolute atomic E-state index is 0. The Morgan fingerprint density at radius 3 is 2.91 bits per heavy atom. The first-order chi connectivity index (χ1) is 4.86. The van der Waals surface area contributed by atoms with Crippen molar-refractivity contribution in [2.75, 3.05) is 0 Å². The summed E-state index contributed by atoms with van der Waals surface area (Å²) in [7, 11) is 1.75. The van der Waals surface area contributed by atoms with Crippen LogP contribution in [0.4, 0.5) is 0 Å². The van der Waals surface area contributed by atoms with Crippen LogP contribution in [-0.4, -0.2) is 25.0 Å². The molecule has 0 aliphatic heterocycles. The molecule has 0 spiro atoms. The third-order valence-corrected chi connectivity index (χ3v) is 1.16. The van der Waals surface area contributed by atoms with E-state index in [1.54, 1.807) is 13.2 Å². The normalized spacial score (nSPS) is 9.55. The molecular weight excluding hydrogens is 166 g/mol. The highest BCUT2D eigenvalue weighted by Gasteiger charge is 1.97. The first kappa shape index (κ1) is 7.87. The summed E-state index contributed by atoms with van der Waals surface area (Å²) in [6.45, 7) is 0. The standard InChI is InChI=1S/C5H5N5.ClH/c1-10-8-4-2-6-3-7-5(4)9-10;/h2-3H,1H3;1H. The van der Waals surface area contributed by atoms with Crippen LogP contribution in [0.25, 0.3) is 11.2 Å². The maximum absolute atomic E-state index is 3.99. The van der Waals surface area contributed by atoms with E-state index in [0.717, 1.165) is 5.52 Å². The third kappa shape index (κ3) is 1.27. The molecule has 11 heavy (non-hydrogen) atoms. The van der Waals surface area contributed by atoms with Crippen LogP contribution < -0.4 is 0 Å². The number of fused-ring (bicyclic) bond motifs is 1. The Labute approximate surface area is 68.9 Å². The van der Waals surface area contributed by atoms with Crippen LogP contribution in [0.1, 0.15) is 0 Å². The molecule has 0 amide bonds. The summed E-state index contributed by atoms with van der Waals surface area (Å²) < 4.78 is 0. The highest BCUT2D eigenvalue weighted by Crippen LogP contribution is 1.99. The van der Waals surface area contributed by atoms with E-state index in [1.165, 1.54) is 11.1 Å². The van der Waals surface area contributed by atoms with Gasteiger partial charge < -0.3 is 0 Å². The highest BCUT2D eigenvalue weighted by molar-refractivity contribution is 5.85. The molecule has 0 aromatic carbocycles. The van der Waals surface area contributed by atoms with Gasteiger partial charge in [0.1, 0.15) is 11.8 Å². The summed E-state index contributed by atoms with van der Waals surface area (Å²) in [4.78, 5) is 9.17. The van der Waals surface area contributed by atoms with Crippen molar-refractivity contribution in [3.63, 3.8) is 0 Å². The van der Waals surface area contributed by atoms with Crippen molar-refractivity contribution >= 4 is 23.6 Å². The summed E-state index contributed by atoms with van der Waals surface area (Å²) in [5, 5.41) is 7.96. The molecule has 2 heterocycles. The van der Waals surface area contributed by atoms with Crippen molar-refractivity contribution in [2.24, 2.45) is 7.05 Å². The summed E-state index contributed by atoms with van der Waals surface area (Å²) in [6, 6.07) is 0. The van der Waals surface area contributed by atoms with Crippen LogP contribution in [0.15, 0.2) is 12.5 Å². The number of halogens is 1. The van der Waals surface area contributed by atoms with Gasteiger partial charge in [-0.2, -0.15) is 9.90 Å². The molecule has 0 fully saturated rings. The molecule has 0 radical (unpaired) electrons. The monoisotopic (exact) mass is 171 g/mol. The second-order valence-corrected chi connectivity index (χ2v) is 1.92. The molecule has 5 nitrogen and oxygen atoms in total. The summed E-state index contributed by atoms with van der Waals surface area (Å²) in [6.07, 6.45) is 3.09. The van der Waals surface area contributed by atoms with Crippen LogP contribution in [0, 0.1) is 0 Å². The first-order valence-electron chi connectivity index (χ1n) is 2.83. The van der Waals surface area contributed by atoms with E-state index in [0.29, 0.717) is 5.65 Å². The molecule has 0 aliphatic rings. The minimum atomic E-state index is 0. The van der Waals surface area contributed by atoms with Crippen molar-refractivity contribution in [3.05, 3.63) is 12.5 Å². The molecule has 0 N–H and O–H groups in total. The number of aromatic nitrogens is 5. The lowest BCUT2D eigenvalue weighted by Gasteiger charge is -1.77. The molecule has 58 valence electrons. The van der Waals surface area contributed by atoms with E-state index in [1.807, 2.05) is 0 Å². The van der Waals surface area contributed by atoms with Gasteiger partial charge in [0.2, 0.25) is 5.65 Å². The van der Waals surface area contributed by atoms with E-state index in [2.05, 4.69) is 20.2 Å². The van der Waals surface area contributed by atoms with Gasteiger partial charge in [0.25, 0.3) is 0 Å². The number of rotatable bonds is 0. The molecule has 0 atom stereocenters. The zero-order chi connectivity index (χ0) is 6.97. The number of hydrogen-bond donors (Lipinski definition) is 0. The Balaban J connectivity index is 0.000000605. The van der Waals surface area contributed by atoms with Crippen LogP contribution in [0.2, 0.25) is 0 Å². The summed E-state index contributed by atoms with van der Waals surface area (Å²) >= 11 is 0. The van der Waals surface area contributed by atoms with Gasteiger partial charge in [-0.25, -0.2) is 9.97 Å². The van der Waals surface area contributed by atoms with E-state index in [9.17, 15) is 0 Å². The average Bonchev–Trinajstić information content (AvgIpc) is 2.27. The van der Waals surface area contributed by atoms with Gasteiger partial charge in [-0.05, 0) is 0 Å². The Kier molecular flexibility index (Phi) is 2.00. The van der Waals surface area contributed by atoms with Gasteiger partial charge in [-0.1, -0.05) is 0 Å². The predicted octanol–water partition coefficient (Wildman–Crippen LogP) is 0.180. The Hall–Kier alpha value is -1.23. The fraction of sp³-hybridized carbons (Fsp3) is 0.200. The topological polar surface area (TPSA) is 56.5 Å². The molecule has 2 aromatic heterocycles. The largest absolute Gasteiger partial charge is 0.242 e. The van der Waals surface area contributed by atoms with Gasteiger partial charge in [0.05, 0.1) is 6.20 Å². The minimum Gasteiger partial charge on any atom is -0.242 e. The molecule has 2 rings (SSSR count). The molecular formula is C5H6ClN5. The van der Waals surface area contributed by atoms with Gasteiger partial charge >= 0.3 is 0 Å². The van der Waals surface area contributed by atoms with Crippen molar-refractivity contribution in [3.8, 4) is 0 Å². The maximum Gasteiger partial charge on any atom is 0.204 e. The van der Waals surface area contributed by atoms with Gasteiger partial charge in [0, 0.05) is 7.05 Å². The Morgan fingerprint density at radius 2 is 2.18 bits per heavy atom. The molecule has 6 heteroatoms. The molecule has 0 aliphatic carbocycles. The smallest absolute Gasteiger partial charge is 0.204 e. The lowest BCUT2D eigenvalue weighted by Crippen LogP contribution is -1.90.